The van der Waals surface area contributed by atoms with Crippen LogP contribution in [0.3, 0.4) is 0 Å². The Morgan fingerprint density at radius 3 is 2.87 bits per heavy atom. The molecule has 1 heterocycles. The number of aromatic nitrogens is 2. The first-order chi connectivity index (χ1) is 7.22. The Morgan fingerprint density at radius 1 is 1.33 bits per heavy atom. The lowest BCUT2D eigenvalue weighted by atomic mass is 10.2. The van der Waals surface area contributed by atoms with Gasteiger partial charge in [0, 0.05) is 11.1 Å². The Bertz CT molecular complexity index is 496. The summed E-state index contributed by atoms with van der Waals surface area (Å²) in [6, 6.07) is 4.92. The maximum absolute atomic E-state index is 13.5. The van der Waals surface area contributed by atoms with Crippen molar-refractivity contribution in [1.82, 2.24) is 15.3 Å². The summed E-state index contributed by atoms with van der Waals surface area (Å²) in [6.45, 7) is 2.41. The number of halogens is 1. The summed E-state index contributed by atoms with van der Waals surface area (Å²) in [6.07, 6.45) is 0. The SMILES string of the molecule is CNCc1nc(C)c2cccc(F)c2n1. The van der Waals surface area contributed by atoms with Gasteiger partial charge in [-0.2, -0.15) is 0 Å². The summed E-state index contributed by atoms with van der Waals surface area (Å²) in [5.41, 5.74) is 1.21. The molecule has 4 heteroatoms. The number of nitrogens with zero attached hydrogens (tertiary/aromatic N) is 2. The van der Waals surface area contributed by atoms with Gasteiger partial charge < -0.3 is 5.32 Å². The normalized spacial score (nSPS) is 10.9. The molecule has 0 unspecified atom stereocenters. The number of para-hydroxylation sites is 1. The van der Waals surface area contributed by atoms with Gasteiger partial charge in [0.1, 0.15) is 17.2 Å². The van der Waals surface area contributed by atoms with E-state index < -0.39 is 0 Å². The third-order valence-electron chi connectivity index (χ3n) is 2.25. The summed E-state index contributed by atoms with van der Waals surface area (Å²) in [7, 11) is 1.81. The molecular formula is C11H12FN3. The second-order valence-electron chi connectivity index (χ2n) is 3.39. The van der Waals surface area contributed by atoms with Gasteiger partial charge in [-0.1, -0.05) is 12.1 Å². The molecule has 0 aliphatic carbocycles. The maximum atomic E-state index is 13.5. The zero-order chi connectivity index (χ0) is 10.8. The molecule has 0 aliphatic rings. The van der Waals surface area contributed by atoms with Crippen LogP contribution < -0.4 is 5.32 Å². The third kappa shape index (κ3) is 1.80. The molecule has 2 rings (SSSR count). The number of aryl methyl sites for hydroxylation is 1. The molecule has 0 amide bonds. The van der Waals surface area contributed by atoms with Crippen LogP contribution in [-0.2, 0) is 6.54 Å². The predicted octanol–water partition coefficient (Wildman–Crippen LogP) is 1.80. The van der Waals surface area contributed by atoms with E-state index in [0.29, 0.717) is 17.9 Å². The van der Waals surface area contributed by atoms with E-state index in [0.717, 1.165) is 11.1 Å². The van der Waals surface area contributed by atoms with Gasteiger partial charge in [0.2, 0.25) is 0 Å². The first-order valence-corrected chi connectivity index (χ1v) is 4.78. The number of hydrogen-bond acceptors (Lipinski definition) is 3. The molecule has 1 N–H and O–H groups in total. The lowest BCUT2D eigenvalue weighted by Crippen LogP contribution is -2.10. The van der Waals surface area contributed by atoms with Gasteiger partial charge in [-0.25, -0.2) is 14.4 Å². The minimum atomic E-state index is -0.296. The van der Waals surface area contributed by atoms with Gasteiger partial charge in [0.25, 0.3) is 0 Å². The van der Waals surface area contributed by atoms with Gasteiger partial charge in [0.05, 0.1) is 6.54 Å². The molecule has 1 aromatic carbocycles. The van der Waals surface area contributed by atoms with Crippen LogP contribution in [0.25, 0.3) is 10.9 Å². The fourth-order valence-corrected chi connectivity index (χ4v) is 1.57. The molecular weight excluding hydrogens is 193 g/mol. The second kappa shape index (κ2) is 3.90. The molecule has 0 aliphatic heterocycles. The molecule has 0 spiro atoms. The standard InChI is InChI=1S/C11H12FN3/c1-7-8-4-3-5-9(12)11(8)15-10(14-7)6-13-2/h3-5,13H,6H2,1-2H3. The Labute approximate surface area is 87.4 Å². The van der Waals surface area contributed by atoms with E-state index in [1.54, 1.807) is 6.07 Å². The van der Waals surface area contributed by atoms with Crippen molar-refractivity contribution in [1.29, 1.82) is 0 Å². The topological polar surface area (TPSA) is 37.8 Å². The summed E-state index contributed by atoms with van der Waals surface area (Å²) in [5.74, 6) is 0.322. The van der Waals surface area contributed by atoms with Crippen molar-refractivity contribution in [3.05, 3.63) is 35.5 Å². The highest BCUT2D eigenvalue weighted by molar-refractivity contribution is 5.81. The van der Waals surface area contributed by atoms with Crippen molar-refractivity contribution >= 4 is 10.9 Å². The minimum Gasteiger partial charge on any atom is -0.313 e. The van der Waals surface area contributed by atoms with Gasteiger partial charge in [-0.3, -0.25) is 0 Å². The molecule has 0 fully saturated rings. The average Bonchev–Trinajstić information content (AvgIpc) is 2.20. The van der Waals surface area contributed by atoms with E-state index in [1.165, 1.54) is 6.07 Å². The van der Waals surface area contributed by atoms with Crippen LogP contribution in [0.1, 0.15) is 11.5 Å². The smallest absolute Gasteiger partial charge is 0.149 e. The van der Waals surface area contributed by atoms with Crippen molar-refractivity contribution in [2.45, 2.75) is 13.5 Å². The molecule has 0 bridgehead atoms. The van der Waals surface area contributed by atoms with Gasteiger partial charge in [0.15, 0.2) is 0 Å². The van der Waals surface area contributed by atoms with Crippen LogP contribution in [-0.4, -0.2) is 17.0 Å². The maximum Gasteiger partial charge on any atom is 0.149 e. The molecule has 0 atom stereocenters. The molecule has 1 aromatic heterocycles. The number of benzene rings is 1. The lowest BCUT2D eigenvalue weighted by molar-refractivity contribution is 0.634. The summed E-state index contributed by atoms with van der Waals surface area (Å²) in [5, 5.41) is 3.72. The van der Waals surface area contributed by atoms with Crippen LogP contribution in [0.4, 0.5) is 4.39 Å². The van der Waals surface area contributed by atoms with Crippen molar-refractivity contribution in [3.8, 4) is 0 Å². The third-order valence-corrected chi connectivity index (χ3v) is 2.25. The van der Waals surface area contributed by atoms with Gasteiger partial charge in [-0.15, -0.1) is 0 Å². The molecule has 78 valence electrons. The minimum absolute atomic E-state index is 0.296. The van der Waals surface area contributed by atoms with E-state index in [9.17, 15) is 4.39 Å². The van der Waals surface area contributed by atoms with Crippen LogP contribution in [0.5, 0.6) is 0 Å². The fraction of sp³-hybridized carbons (Fsp3) is 0.273. The Kier molecular flexibility index (Phi) is 2.60. The van der Waals surface area contributed by atoms with E-state index in [4.69, 9.17) is 0 Å². The van der Waals surface area contributed by atoms with Crippen molar-refractivity contribution in [3.63, 3.8) is 0 Å². The summed E-state index contributed by atoms with van der Waals surface area (Å²) >= 11 is 0. The highest BCUT2D eigenvalue weighted by atomic mass is 19.1. The van der Waals surface area contributed by atoms with E-state index in [1.807, 2.05) is 20.0 Å². The lowest BCUT2D eigenvalue weighted by Gasteiger charge is -2.05. The number of rotatable bonds is 2. The molecule has 3 nitrogen and oxygen atoms in total. The van der Waals surface area contributed by atoms with Crippen LogP contribution in [0.15, 0.2) is 18.2 Å². The average molecular weight is 205 g/mol. The molecule has 0 saturated carbocycles. The molecule has 0 radical (unpaired) electrons. The second-order valence-corrected chi connectivity index (χ2v) is 3.39. The first kappa shape index (κ1) is 9.98. The van der Waals surface area contributed by atoms with E-state index in [2.05, 4.69) is 15.3 Å². The number of fused-ring (bicyclic) bond motifs is 1. The van der Waals surface area contributed by atoms with E-state index >= 15 is 0 Å². The van der Waals surface area contributed by atoms with Crippen LogP contribution in [0.2, 0.25) is 0 Å². The highest BCUT2D eigenvalue weighted by Gasteiger charge is 2.07. The van der Waals surface area contributed by atoms with E-state index in [-0.39, 0.29) is 5.82 Å². The van der Waals surface area contributed by atoms with Gasteiger partial charge >= 0.3 is 0 Å². The molecule has 2 aromatic rings. The zero-order valence-electron chi connectivity index (χ0n) is 8.71. The molecule has 0 saturated heterocycles. The molecule has 15 heavy (non-hydrogen) atoms. The quantitative estimate of drug-likeness (QED) is 0.812. The summed E-state index contributed by atoms with van der Waals surface area (Å²) < 4.78 is 13.5. The monoisotopic (exact) mass is 205 g/mol. The number of nitrogens with one attached hydrogen (secondary N) is 1. The highest BCUT2D eigenvalue weighted by Crippen LogP contribution is 2.17. The van der Waals surface area contributed by atoms with Gasteiger partial charge in [-0.05, 0) is 20.0 Å². The zero-order valence-corrected chi connectivity index (χ0v) is 8.71. The Balaban J connectivity index is 2.68. The van der Waals surface area contributed by atoms with Crippen molar-refractivity contribution < 1.29 is 4.39 Å². The van der Waals surface area contributed by atoms with Crippen LogP contribution in [0, 0.1) is 12.7 Å². The Hall–Kier alpha value is -1.55. The summed E-state index contributed by atoms with van der Waals surface area (Å²) in [4.78, 5) is 8.47. The van der Waals surface area contributed by atoms with Crippen molar-refractivity contribution in [2.24, 2.45) is 0 Å². The van der Waals surface area contributed by atoms with Crippen LogP contribution >= 0.6 is 0 Å². The predicted molar refractivity (Wildman–Crippen MR) is 57.0 cm³/mol. The first-order valence-electron chi connectivity index (χ1n) is 4.78. The van der Waals surface area contributed by atoms with Crippen molar-refractivity contribution in [2.75, 3.05) is 7.05 Å². The Morgan fingerprint density at radius 2 is 2.13 bits per heavy atom. The largest absolute Gasteiger partial charge is 0.313 e. The number of hydrogen-bond donors (Lipinski definition) is 1. The fourth-order valence-electron chi connectivity index (χ4n) is 1.57.